The molecule has 3 fully saturated rings. The van der Waals surface area contributed by atoms with E-state index in [1.165, 1.54) is 0 Å². The molecule has 0 aliphatic heterocycles. The van der Waals surface area contributed by atoms with Gasteiger partial charge in [0.25, 0.3) is 0 Å². The molecular formula is C17H19F3N2O3. The van der Waals surface area contributed by atoms with Crippen LogP contribution in [0.3, 0.4) is 0 Å². The second kappa shape index (κ2) is 5.93. The summed E-state index contributed by atoms with van der Waals surface area (Å²) in [5.41, 5.74) is -0.641. The lowest BCUT2D eigenvalue weighted by atomic mass is 9.39. The molecule has 136 valence electrons. The highest BCUT2D eigenvalue weighted by Gasteiger charge is 2.72. The number of aliphatic carboxylic acids is 1. The molecule has 3 aliphatic carbocycles. The van der Waals surface area contributed by atoms with E-state index in [1.807, 2.05) is 0 Å². The first-order valence-electron chi connectivity index (χ1n) is 8.07. The molecule has 5 nitrogen and oxygen atoms in total. The zero-order chi connectivity index (χ0) is 18.3. The van der Waals surface area contributed by atoms with Gasteiger partial charge in [0, 0.05) is 12.0 Å². The largest absolute Gasteiger partial charge is 0.481 e. The number of carbonyl (C=O) groups is 2. The summed E-state index contributed by atoms with van der Waals surface area (Å²) in [7, 11) is 0. The van der Waals surface area contributed by atoms with Crippen LogP contribution in [0, 0.1) is 5.41 Å². The lowest BCUT2D eigenvalue weighted by Crippen LogP contribution is -2.77. The van der Waals surface area contributed by atoms with E-state index in [4.69, 9.17) is 5.11 Å². The average molecular weight is 356 g/mol. The molecule has 3 saturated carbocycles. The minimum Gasteiger partial charge on any atom is -0.481 e. The van der Waals surface area contributed by atoms with Crippen molar-refractivity contribution in [1.29, 1.82) is 0 Å². The highest BCUT2D eigenvalue weighted by atomic mass is 19.4. The Morgan fingerprint density at radius 2 is 1.76 bits per heavy atom. The number of carboxylic acids is 1. The summed E-state index contributed by atoms with van der Waals surface area (Å²) < 4.78 is 37.6. The standard InChI is InChI=1S/C17H19F3N2O3/c18-17(19,20)7-6-12(11-4-2-1-3-5-11)21-14(25)22-16-8-15(9-16,10-16)13(23)24/h1-5,12H,6-10H2,(H,23,24)(H2,21,22,25). The first-order valence-corrected chi connectivity index (χ1v) is 8.07. The van der Waals surface area contributed by atoms with Gasteiger partial charge in [-0.2, -0.15) is 13.2 Å². The molecule has 1 unspecified atom stereocenters. The van der Waals surface area contributed by atoms with Gasteiger partial charge in [0.15, 0.2) is 0 Å². The molecule has 0 heterocycles. The van der Waals surface area contributed by atoms with Crippen LogP contribution in [-0.4, -0.2) is 28.8 Å². The molecule has 1 aromatic rings. The average Bonchev–Trinajstić information content (AvgIpc) is 2.45. The smallest absolute Gasteiger partial charge is 0.389 e. The van der Waals surface area contributed by atoms with Crippen LogP contribution in [0.15, 0.2) is 30.3 Å². The number of urea groups is 1. The summed E-state index contributed by atoms with van der Waals surface area (Å²) in [6, 6.07) is 7.17. The number of amides is 2. The van der Waals surface area contributed by atoms with Crippen LogP contribution in [-0.2, 0) is 4.79 Å². The maximum absolute atomic E-state index is 12.5. The van der Waals surface area contributed by atoms with E-state index in [9.17, 15) is 22.8 Å². The Morgan fingerprint density at radius 3 is 2.28 bits per heavy atom. The molecular weight excluding hydrogens is 337 g/mol. The van der Waals surface area contributed by atoms with Crippen LogP contribution in [0.25, 0.3) is 0 Å². The van der Waals surface area contributed by atoms with Gasteiger partial charge in [0.1, 0.15) is 0 Å². The van der Waals surface area contributed by atoms with Crippen molar-refractivity contribution in [3.05, 3.63) is 35.9 Å². The summed E-state index contributed by atoms with van der Waals surface area (Å²) in [6.07, 6.45) is -4.43. The molecule has 1 atom stereocenters. The molecule has 0 spiro atoms. The van der Waals surface area contributed by atoms with Crippen LogP contribution >= 0.6 is 0 Å². The van der Waals surface area contributed by atoms with E-state index >= 15 is 0 Å². The number of hydrogen-bond donors (Lipinski definition) is 3. The second-order valence-electron chi connectivity index (χ2n) is 7.11. The molecule has 8 heteroatoms. The fourth-order valence-electron chi connectivity index (χ4n) is 3.90. The monoisotopic (exact) mass is 356 g/mol. The van der Waals surface area contributed by atoms with E-state index in [-0.39, 0.29) is 6.42 Å². The Bertz CT molecular complexity index is 656. The lowest BCUT2D eigenvalue weighted by Gasteiger charge is -2.67. The molecule has 25 heavy (non-hydrogen) atoms. The maximum Gasteiger partial charge on any atom is 0.389 e. The number of hydrogen-bond acceptors (Lipinski definition) is 2. The zero-order valence-electron chi connectivity index (χ0n) is 13.4. The van der Waals surface area contributed by atoms with Crippen molar-refractivity contribution >= 4 is 12.0 Å². The maximum atomic E-state index is 12.5. The molecule has 3 aliphatic rings. The van der Waals surface area contributed by atoms with Gasteiger partial charge in [0.05, 0.1) is 11.5 Å². The third-order valence-corrected chi connectivity index (χ3v) is 5.09. The van der Waals surface area contributed by atoms with Gasteiger partial charge in [-0.3, -0.25) is 4.79 Å². The molecule has 1 aromatic carbocycles. The van der Waals surface area contributed by atoms with Crippen LogP contribution < -0.4 is 10.6 Å². The summed E-state index contributed by atoms with van der Waals surface area (Å²) in [4.78, 5) is 23.3. The molecule has 2 amide bonds. The Balaban J connectivity index is 1.59. The van der Waals surface area contributed by atoms with E-state index in [0.29, 0.717) is 24.8 Å². The Morgan fingerprint density at radius 1 is 1.16 bits per heavy atom. The highest BCUT2D eigenvalue weighted by Crippen LogP contribution is 2.67. The Labute approximate surface area is 142 Å². The van der Waals surface area contributed by atoms with Gasteiger partial charge >= 0.3 is 18.2 Å². The van der Waals surface area contributed by atoms with Crippen molar-refractivity contribution in [3.8, 4) is 0 Å². The van der Waals surface area contributed by atoms with Crippen molar-refractivity contribution in [2.24, 2.45) is 5.41 Å². The summed E-state index contributed by atoms with van der Waals surface area (Å²) in [6.45, 7) is 0. The predicted molar refractivity (Wildman–Crippen MR) is 82.8 cm³/mol. The fraction of sp³-hybridized carbons (Fsp3) is 0.529. The molecule has 2 bridgehead atoms. The van der Waals surface area contributed by atoms with Crippen LogP contribution in [0.2, 0.25) is 0 Å². The third kappa shape index (κ3) is 3.57. The summed E-state index contributed by atoms with van der Waals surface area (Å²) in [5.74, 6) is -0.857. The van der Waals surface area contributed by atoms with Gasteiger partial charge in [0.2, 0.25) is 0 Å². The second-order valence-corrected chi connectivity index (χ2v) is 7.11. The van der Waals surface area contributed by atoms with Crippen LogP contribution in [0.5, 0.6) is 0 Å². The van der Waals surface area contributed by atoms with Crippen molar-refractivity contribution in [2.75, 3.05) is 0 Å². The third-order valence-electron chi connectivity index (χ3n) is 5.09. The van der Waals surface area contributed by atoms with Crippen LogP contribution in [0.1, 0.15) is 43.7 Å². The van der Waals surface area contributed by atoms with Crippen molar-refractivity contribution in [3.63, 3.8) is 0 Å². The molecule has 4 rings (SSSR count). The van der Waals surface area contributed by atoms with Gasteiger partial charge in [-0.25, -0.2) is 4.79 Å². The van der Waals surface area contributed by atoms with E-state index < -0.39 is 41.6 Å². The zero-order valence-corrected chi connectivity index (χ0v) is 13.4. The number of nitrogens with one attached hydrogen (secondary N) is 2. The number of carbonyl (C=O) groups excluding carboxylic acids is 1. The number of benzene rings is 1. The molecule has 0 aromatic heterocycles. The van der Waals surface area contributed by atoms with Gasteiger partial charge in [-0.05, 0) is 31.2 Å². The summed E-state index contributed by atoms with van der Waals surface area (Å²) >= 11 is 0. The highest BCUT2D eigenvalue weighted by molar-refractivity contribution is 5.83. The minimum absolute atomic E-state index is 0.257. The quantitative estimate of drug-likeness (QED) is 0.731. The molecule has 0 radical (unpaired) electrons. The van der Waals surface area contributed by atoms with E-state index in [2.05, 4.69) is 10.6 Å². The summed E-state index contributed by atoms with van der Waals surface area (Å²) in [5, 5.41) is 14.4. The molecule has 0 saturated heterocycles. The van der Waals surface area contributed by atoms with Gasteiger partial charge in [-0.1, -0.05) is 30.3 Å². The lowest BCUT2D eigenvalue weighted by molar-refractivity contribution is -0.196. The van der Waals surface area contributed by atoms with E-state index in [0.717, 1.165) is 0 Å². The normalized spacial score (nSPS) is 28.3. The van der Waals surface area contributed by atoms with Gasteiger partial charge in [-0.15, -0.1) is 0 Å². The Hall–Kier alpha value is -2.25. The van der Waals surface area contributed by atoms with Gasteiger partial charge < -0.3 is 15.7 Å². The van der Waals surface area contributed by atoms with Crippen LogP contribution in [0.4, 0.5) is 18.0 Å². The Kier molecular flexibility index (Phi) is 4.17. The first kappa shape index (κ1) is 17.6. The van der Waals surface area contributed by atoms with E-state index in [1.54, 1.807) is 30.3 Å². The first-order chi connectivity index (χ1) is 11.6. The van der Waals surface area contributed by atoms with Crippen molar-refractivity contribution < 1.29 is 27.9 Å². The number of carboxylic acid groups (broad SMARTS) is 1. The van der Waals surface area contributed by atoms with Crippen molar-refractivity contribution in [2.45, 2.75) is 49.9 Å². The number of rotatable bonds is 6. The number of alkyl halides is 3. The minimum atomic E-state index is -4.30. The number of halogens is 3. The topological polar surface area (TPSA) is 78.4 Å². The SMILES string of the molecule is O=C(NC(CCC(F)(F)F)c1ccccc1)NC12CC(C(=O)O)(C1)C2. The fourth-order valence-corrected chi connectivity index (χ4v) is 3.90. The predicted octanol–water partition coefficient (Wildman–Crippen LogP) is 3.38. The van der Waals surface area contributed by atoms with Crippen molar-refractivity contribution in [1.82, 2.24) is 10.6 Å². The molecule has 3 N–H and O–H groups in total.